The highest BCUT2D eigenvalue weighted by molar-refractivity contribution is 7.47. The summed E-state index contributed by atoms with van der Waals surface area (Å²) >= 11 is 0. The number of unbranched alkanes of at least 4 members (excludes halogenated alkanes) is 28. The van der Waals surface area contributed by atoms with Gasteiger partial charge >= 0.3 is 13.8 Å². The number of esters is 1. The van der Waals surface area contributed by atoms with Gasteiger partial charge in [-0.1, -0.05) is 210 Å². The molecular weight excluding hydrogens is 880 g/mol. The molecule has 69 heavy (non-hydrogen) atoms. The van der Waals surface area contributed by atoms with Gasteiger partial charge in [0, 0.05) is 12.8 Å². The van der Waals surface area contributed by atoms with Crippen molar-refractivity contribution in [2.45, 2.75) is 264 Å². The highest BCUT2D eigenvalue weighted by Crippen LogP contribution is 2.43. The molecule has 0 aromatic carbocycles. The maximum absolute atomic E-state index is 13.5. The summed E-state index contributed by atoms with van der Waals surface area (Å²) in [6.45, 7) is 6.93. The van der Waals surface area contributed by atoms with E-state index in [4.69, 9.17) is 13.8 Å². The van der Waals surface area contributed by atoms with E-state index in [1.807, 2.05) is 33.3 Å². The van der Waals surface area contributed by atoms with Crippen LogP contribution >= 0.6 is 7.82 Å². The molecule has 0 rings (SSSR count). The van der Waals surface area contributed by atoms with Crippen LogP contribution in [0.3, 0.4) is 0 Å². The molecule has 0 aliphatic rings. The number of amides is 1. The van der Waals surface area contributed by atoms with Gasteiger partial charge in [-0.3, -0.25) is 18.6 Å². The van der Waals surface area contributed by atoms with E-state index in [0.29, 0.717) is 17.4 Å². The maximum atomic E-state index is 13.5. The monoisotopic (exact) mass is 990 g/mol. The van der Waals surface area contributed by atoms with Crippen LogP contribution in [0.1, 0.15) is 252 Å². The Morgan fingerprint density at radius 2 is 0.928 bits per heavy atom. The van der Waals surface area contributed by atoms with Gasteiger partial charge in [0.1, 0.15) is 19.3 Å². The van der Waals surface area contributed by atoms with Gasteiger partial charge in [-0.25, -0.2) is 4.57 Å². The number of allylic oxidation sites excluding steroid dienone is 9. The SMILES string of the molecule is CCCCC/C=C\C/C=C\CCCCCCCCCC(=O)OC(/C=C/CCCCCCCCCCC)C(COP(=O)(O)OCC[N+](C)(C)C)NC(=O)CCCCCCCC/C=C/C=C/CCCCC. The lowest BCUT2D eigenvalue weighted by atomic mass is 10.1. The van der Waals surface area contributed by atoms with Crippen LogP contribution in [0.5, 0.6) is 0 Å². The summed E-state index contributed by atoms with van der Waals surface area (Å²) in [6.07, 6.45) is 60.6. The summed E-state index contributed by atoms with van der Waals surface area (Å²) in [4.78, 5) is 37.5. The van der Waals surface area contributed by atoms with E-state index in [0.717, 1.165) is 96.3 Å². The third kappa shape index (κ3) is 50.4. The van der Waals surface area contributed by atoms with Gasteiger partial charge in [-0.05, 0) is 89.5 Å². The summed E-state index contributed by atoms with van der Waals surface area (Å²) in [5.41, 5.74) is 0. The number of phosphoric ester groups is 1. The normalized spacial score (nSPS) is 14.2. The van der Waals surface area contributed by atoms with Crippen LogP contribution in [-0.4, -0.2) is 74.3 Å². The summed E-state index contributed by atoms with van der Waals surface area (Å²) in [5, 5.41) is 3.04. The van der Waals surface area contributed by atoms with Gasteiger partial charge < -0.3 is 19.4 Å². The molecule has 2 N–H and O–H groups in total. The van der Waals surface area contributed by atoms with Crippen molar-refractivity contribution in [2.75, 3.05) is 40.9 Å². The van der Waals surface area contributed by atoms with Gasteiger partial charge in [-0.2, -0.15) is 0 Å². The zero-order valence-corrected chi connectivity index (χ0v) is 46.7. The summed E-state index contributed by atoms with van der Waals surface area (Å²) in [5.74, 6) is -0.528. The van der Waals surface area contributed by atoms with Crippen molar-refractivity contribution >= 4 is 19.7 Å². The maximum Gasteiger partial charge on any atom is 0.472 e. The molecule has 0 saturated carbocycles. The van der Waals surface area contributed by atoms with E-state index in [9.17, 15) is 19.0 Å². The molecule has 0 radical (unpaired) electrons. The number of hydrogen-bond donors (Lipinski definition) is 2. The molecule has 0 fully saturated rings. The number of carbonyl (C=O) groups excluding carboxylic acids is 2. The Hall–Kier alpha value is -2.29. The minimum absolute atomic E-state index is 0.0350. The fourth-order valence-corrected chi connectivity index (χ4v) is 8.70. The molecule has 3 unspecified atom stereocenters. The second-order valence-electron chi connectivity index (χ2n) is 20.5. The molecule has 0 aliphatic carbocycles. The van der Waals surface area contributed by atoms with Gasteiger partial charge in [0.25, 0.3) is 0 Å². The lowest BCUT2D eigenvalue weighted by molar-refractivity contribution is -0.870. The number of nitrogens with zero attached hydrogens (tertiary/aromatic N) is 1. The van der Waals surface area contributed by atoms with Crippen LogP contribution in [0, 0.1) is 0 Å². The van der Waals surface area contributed by atoms with Crippen LogP contribution < -0.4 is 5.32 Å². The Bertz CT molecular complexity index is 1370. The number of nitrogens with one attached hydrogen (secondary N) is 1. The number of likely N-dealkylation sites (N-methyl/N-ethyl adjacent to an activating group) is 1. The summed E-state index contributed by atoms with van der Waals surface area (Å²) in [7, 11) is 1.48. The zero-order chi connectivity index (χ0) is 50.8. The standard InChI is InChI=1S/C59H109N2O7P/c1-7-10-13-16-19-22-25-27-29-30-32-34-37-40-43-46-49-52-59(63)68-57(50-47-44-41-38-35-24-21-18-15-12-9-3)56(55-67-69(64,65)66-54-53-61(4,5)6)60-58(62)51-48-45-42-39-36-33-31-28-26-23-20-17-14-11-8-2/h19-20,22-23,26-29,47,50,56-57H,7-18,21,24-25,30-46,48-49,51-55H2,1-6H3,(H-,60,62,64,65)/p+1/b22-19-,23-20+,28-26+,29-27-,50-47+. The highest BCUT2D eigenvalue weighted by Gasteiger charge is 2.30. The Morgan fingerprint density at radius 1 is 0.522 bits per heavy atom. The fourth-order valence-electron chi connectivity index (χ4n) is 7.96. The van der Waals surface area contributed by atoms with Gasteiger partial charge in [0.05, 0.1) is 33.8 Å². The fraction of sp³-hybridized carbons (Fsp3) is 0.797. The smallest absolute Gasteiger partial charge is 0.456 e. The van der Waals surface area contributed by atoms with Crippen molar-refractivity contribution in [2.24, 2.45) is 0 Å². The van der Waals surface area contributed by atoms with Crippen LogP contribution in [0.4, 0.5) is 0 Å². The Labute approximate surface area is 426 Å². The molecule has 0 heterocycles. The molecule has 0 aromatic rings. The average molecular weight is 991 g/mol. The third-order valence-corrected chi connectivity index (χ3v) is 13.4. The predicted octanol–water partition coefficient (Wildman–Crippen LogP) is 17.1. The molecule has 9 nitrogen and oxygen atoms in total. The Morgan fingerprint density at radius 3 is 1.42 bits per heavy atom. The number of ether oxygens (including phenoxy) is 1. The molecule has 0 bridgehead atoms. The second kappa shape index (κ2) is 49.3. The quantitative estimate of drug-likeness (QED) is 0.0156. The van der Waals surface area contributed by atoms with Crippen molar-refractivity contribution in [3.63, 3.8) is 0 Å². The first kappa shape index (κ1) is 66.7. The summed E-state index contributed by atoms with van der Waals surface area (Å²) < 4.78 is 30.6. The van der Waals surface area contributed by atoms with E-state index in [1.165, 1.54) is 122 Å². The molecule has 0 saturated heterocycles. The van der Waals surface area contributed by atoms with E-state index in [-0.39, 0.29) is 31.5 Å². The number of hydrogen-bond acceptors (Lipinski definition) is 6. The zero-order valence-electron chi connectivity index (χ0n) is 45.8. The molecular formula is C59H110N2O7P+. The minimum atomic E-state index is -4.45. The molecule has 0 aliphatic heterocycles. The van der Waals surface area contributed by atoms with Crippen molar-refractivity contribution in [3.05, 3.63) is 60.8 Å². The highest BCUT2D eigenvalue weighted by atomic mass is 31.2. The molecule has 0 aromatic heterocycles. The average Bonchev–Trinajstić information content (AvgIpc) is 3.31. The van der Waals surface area contributed by atoms with Gasteiger partial charge in [0.15, 0.2) is 0 Å². The number of carbonyl (C=O) groups is 2. The number of rotatable bonds is 51. The van der Waals surface area contributed by atoms with Crippen LogP contribution in [0.15, 0.2) is 60.8 Å². The number of quaternary nitrogens is 1. The largest absolute Gasteiger partial charge is 0.472 e. The molecule has 10 heteroatoms. The first-order valence-corrected chi connectivity index (χ1v) is 30.1. The van der Waals surface area contributed by atoms with Gasteiger partial charge in [-0.15, -0.1) is 0 Å². The topological polar surface area (TPSA) is 111 Å². The predicted molar refractivity (Wildman–Crippen MR) is 295 cm³/mol. The van der Waals surface area contributed by atoms with Crippen LogP contribution in [-0.2, 0) is 27.9 Å². The van der Waals surface area contributed by atoms with E-state index < -0.39 is 20.0 Å². The molecule has 3 atom stereocenters. The first-order valence-electron chi connectivity index (χ1n) is 28.6. The van der Waals surface area contributed by atoms with Gasteiger partial charge in [0.2, 0.25) is 5.91 Å². The second-order valence-corrected chi connectivity index (χ2v) is 21.9. The van der Waals surface area contributed by atoms with E-state index >= 15 is 0 Å². The lowest BCUT2D eigenvalue weighted by Crippen LogP contribution is -2.47. The van der Waals surface area contributed by atoms with E-state index in [2.05, 4.69) is 74.7 Å². The van der Waals surface area contributed by atoms with Crippen LogP contribution in [0.2, 0.25) is 0 Å². The molecule has 1 amide bonds. The summed E-state index contributed by atoms with van der Waals surface area (Å²) in [6, 6.07) is -0.857. The molecule has 402 valence electrons. The van der Waals surface area contributed by atoms with Crippen molar-refractivity contribution in [1.82, 2.24) is 5.32 Å². The van der Waals surface area contributed by atoms with Crippen molar-refractivity contribution in [1.29, 1.82) is 0 Å². The lowest BCUT2D eigenvalue weighted by Gasteiger charge is -2.27. The van der Waals surface area contributed by atoms with E-state index in [1.54, 1.807) is 0 Å². The van der Waals surface area contributed by atoms with Crippen LogP contribution in [0.25, 0.3) is 0 Å². The minimum Gasteiger partial charge on any atom is -0.456 e. The Kier molecular flexibility index (Phi) is 47.7. The Balaban J connectivity index is 5.35. The van der Waals surface area contributed by atoms with Crippen molar-refractivity contribution < 1.29 is 37.3 Å². The third-order valence-electron chi connectivity index (χ3n) is 12.5. The van der Waals surface area contributed by atoms with Crippen molar-refractivity contribution in [3.8, 4) is 0 Å². The number of phosphoric acid groups is 1. The first-order chi connectivity index (χ1) is 33.4. The molecule has 0 spiro atoms.